The van der Waals surface area contributed by atoms with Crippen molar-refractivity contribution in [1.82, 2.24) is 15.0 Å². The average molecular weight is 353 g/mol. The van der Waals surface area contributed by atoms with Gasteiger partial charge in [-0.2, -0.15) is 15.1 Å². The van der Waals surface area contributed by atoms with E-state index in [-0.39, 0.29) is 18.7 Å². The number of ether oxygens (including phenoxy) is 1. The molecule has 0 amide bonds. The molecule has 8 N–H and O–H groups in total. The number of nitrogen functional groups attached to an aromatic ring is 1. The zero-order valence-electron chi connectivity index (χ0n) is 14.8. The Morgan fingerprint density at radius 1 is 1.52 bits per heavy atom. The molecule has 1 unspecified atom stereocenters. The number of hydrogen-bond donors (Lipinski definition) is 5. The first kappa shape index (κ1) is 18.8. The quantitative estimate of drug-likeness (QED) is 0.183. The van der Waals surface area contributed by atoms with E-state index in [9.17, 15) is 5.11 Å². The minimum absolute atomic E-state index is 0.0927. The first-order valence-corrected chi connectivity index (χ1v) is 8.08. The minimum Gasteiger partial charge on any atom is -0.461 e. The summed E-state index contributed by atoms with van der Waals surface area (Å²) in [6.07, 6.45) is 0.168. The molecule has 1 aliphatic heterocycles. The molecule has 1 atom stereocenters. The molecular formula is C14H27N9O2. The maximum atomic E-state index is 9.78. The average Bonchev–Trinajstić information content (AvgIpc) is 2.96. The van der Waals surface area contributed by atoms with Crippen LogP contribution in [0.4, 0.5) is 17.3 Å². The molecule has 1 fully saturated rings. The summed E-state index contributed by atoms with van der Waals surface area (Å²) in [5.74, 6) is 12.3. The highest BCUT2D eigenvalue weighted by atomic mass is 16.5. The number of nitrogens with two attached hydrogens (primary N) is 3. The number of likely N-dealkylation sites (N-methyl/N-ethyl adjacent to an activating group) is 1. The fourth-order valence-corrected chi connectivity index (χ4v) is 2.44. The number of β-amino-alcohol motifs (C(OH)–C–C–N with tert-alkyl or cyclic N) is 1. The molecule has 140 valence electrons. The van der Waals surface area contributed by atoms with E-state index in [1.807, 2.05) is 18.7 Å². The van der Waals surface area contributed by atoms with Crippen LogP contribution < -0.4 is 32.4 Å². The molecule has 11 nitrogen and oxygen atoms in total. The molecule has 1 aromatic heterocycles. The van der Waals surface area contributed by atoms with Crippen molar-refractivity contribution in [2.24, 2.45) is 16.8 Å². The second kappa shape index (κ2) is 8.03. The van der Waals surface area contributed by atoms with Gasteiger partial charge in [-0.05, 0) is 20.3 Å². The highest BCUT2D eigenvalue weighted by Gasteiger charge is 2.26. The van der Waals surface area contributed by atoms with Crippen molar-refractivity contribution >= 4 is 23.2 Å². The predicted molar refractivity (Wildman–Crippen MR) is 97.1 cm³/mol. The molecular weight excluding hydrogens is 326 g/mol. The van der Waals surface area contributed by atoms with E-state index in [1.165, 1.54) is 5.01 Å². The Morgan fingerprint density at radius 2 is 2.24 bits per heavy atom. The lowest BCUT2D eigenvalue weighted by atomic mass is 10.3. The Labute approximate surface area is 146 Å². The fourth-order valence-electron chi connectivity index (χ4n) is 2.44. The van der Waals surface area contributed by atoms with Gasteiger partial charge < -0.3 is 31.6 Å². The van der Waals surface area contributed by atoms with Gasteiger partial charge in [0.2, 0.25) is 0 Å². The summed E-state index contributed by atoms with van der Waals surface area (Å²) in [7, 11) is 1.63. The van der Waals surface area contributed by atoms with Crippen molar-refractivity contribution < 1.29 is 9.84 Å². The summed E-state index contributed by atoms with van der Waals surface area (Å²) >= 11 is 0. The van der Waals surface area contributed by atoms with Gasteiger partial charge in [0.1, 0.15) is 5.69 Å². The van der Waals surface area contributed by atoms with Crippen LogP contribution >= 0.6 is 0 Å². The van der Waals surface area contributed by atoms with Crippen molar-refractivity contribution in [2.45, 2.75) is 32.5 Å². The van der Waals surface area contributed by atoms with Crippen LogP contribution in [-0.2, 0) is 0 Å². The summed E-state index contributed by atoms with van der Waals surface area (Å²) in [5.41, 5.74) is 6.59. The molecule has 2 rings (SSSR count). The highest BCUT2D eigenvalue weighted by Crippen LogP contribution is 2.31. The minimum atomic E-state index is -0.401. The van der Waals surface area contributed by atoms with Crippen LogP contribution in [0, 0.1) is 0 Å². The van der Waals surface area contributed by atoms with E-state index >= 15 is 0 Å². The van der Waals surface area contributed by atoms with Crippen LogP contribution in [0.3, 0.4) is 0 Å². The number of aromatic nitrogens is 2. The van der Waals surface area contributed by atoms with E-state index < -0.39 is 6.10 Å². The molecule has 0 radical (unpaired) electrons. The molecule has 1 aliphatic rings. The molecule has 25 heavy (non-hydrogen) atoms. The summed E-state index contributed by atoms with van der Waals surface area (Å²) in [4.78, 5) is 10.6. The van der Waals surface area contributed by atoms with E-state index in [0.717, 1.165) is 0 Å². The summed E-state index contributed by atoms with van der Waals surface area (Å²) in [6, 6.07) is 0.204. The maximum absolute atomic E-state index is 9.78. The summed E-state index contributed by atoms with van der Waals surface area (Å²) in [6.45, 7) is 5.12. The van der Waals surface area contributed by atoms with Gasteiger partial charge in [0.05, 0.1) is 18.8 Å². The van der Waals surface area contributed by atoms with E-state index in [4.69, 9.17) is 22.2 Å². The number of hydrazine groups is 1. The smallest absolute Gasteiger partial charge is 0.320 e. The Kier molecular flexibility index (Phi) is 6.04. The number of hydrazone groups is 1. The largest absolute Gasteiger partial charge is 0.461 e. The van der Waals surface area contributed by atoms with Gasteiger partial charge in [0.25, 0.3) is 0 Å². The number of nitrogens with one attached hydrogen (secondary N) is 1. The van der Waals surface area contributed by atoms with E-state index in [2.05, 4.69) is 20.4 Å². The SMILES string of the molecule is CC(C)Oc1nc(NC/C(=N/N)N(C)N)c(N)c(N2CCC(O)C2)n1. The molecule has 0 aromatic carbocycles. The third-order valence-corrected chi connectivity index (χ3v) is 3.68. The number of rotatable bonds is 6. The third-order valence-electron chi connectivity index (χ3n) is 3.68. The summed E-state index contributed by atoms with van der Waals surface area (Å²) < 4.78 is 5.62. The van der Waals surface area contributed by atoms with Gasteiger partial charge in [0.15, 0.2) is 17.5 Å². The number of amidine groups is 1. The molecule has 0 bridgehead atoms. The van der Waals surface area contributed by atoms with Crippen LogP contribution in [-0.4, -0.2) is 64.8 Å². The van der Waals surface area contributed by atoms with Crippen LogP contribution in [0.2, 0.25) is 0 Å². The maximum Gasteiger partial charge on any atom is 0.320 e. The van der Waals surface area contributed by atoms with Crippen molar-refractivity contribution in [3.8, 4) is 6.01 Å². The lowest BCUT2D eigenvalue weighted by molar-refractivity contribution is 0.198. The van der Waals surface area contributed by atoms with E-state index in [0.29, 0.717) is 42.7 Å². The molecule has 0 aliphatic carbocycles. The van der Waals surface area contributed by atoms with Gasteiger partial charge in [-0.3, -0.25) is 5.01 Å². The first-order valence-electron chi connectivity index (χ1n) is 8.08. The Balaban J connectivity index is 2.30. The zero-order valence-corrected chi connectivity index (χ0v) is 14.8. The van der Waals surface area contributed by atoms with E-state index in [1.54, 1.807) is 7.05 Å². The second-order valence-electron chi connectivity index (χ2n) is 6.16. The lowest BCUT2D eigenvalue weighted by Crippen LogP contribution is -2.38. The molecule has 0 spiro atoms. The highest BCUT2D eigenvalue weighted by molar-refractivity contribution is 5.87. The Bertz CT molecular complexity index is 621. The van der Waals surface area contributed by atoms with Crippen molar-refractivity contribution in [3.05, 3.63) is 0 Å². The van der Waals surface area contributed by atoms with Gasteiger partial charge in [-0.15, -0.1) is 0 Å². The van der Waals surface area contributed by atoms with Gasteiger partial charge in [-0.1, -0.05) is 0 Å². The normalized spacial score (nSPS) is 17.9. The fraction of sp³-hybridized carbons (Fsp3) is 0.643. The first-order chi connectivity index (χ1) is 11.8. The van der Waals surface area contributed by atoms with Crippen LogP contribution in [0.15, 0.2) is 5.10 Å². The Hall–Kier alpha value is -2.53. The second-order valence-corrected chi connectivity index (χ2v) is 6.16. The molecule has 2 heterocycles. The zero-order chi connectivity index (χ0) is 18.6. The van der Waals surface area contributed by atoms with Crippen LogP contribution in [0.25, 0.3) is 0 Å². The van der Waals surface area contributed by atoms with Crippen molar-refractivity contribution in [3.63, 3.8) is 0 Å². The molecule has 0 saturated carbocycles. The lowest BCUT2D eigenvalue weighted by Gasteiger charge is -2.22. The van der Waals surface area contributed by atoms with Gasteiger partial charge in [0, 0.05) is 20.1 Å². The predicted octanol–water partition coefficient (Wildman–Crippen LogP) is -1.09. The molecule has 11 heteroatoms. The standard InChI is InChI=1S/C14H27N9O2/c1-8(2)25-14-19-12(18-6-10(21-16)22(3)17)11(15)13(20-14)23-5-4-9(24)7-23/h8-9,24H,4-7,15-17H2,1-3H3,(H,18,19,20)/b21-10-. The number of nitrogens with zero attached hydrogens (tertiary/aromatic N) is 5. The monoisotopic (exact) mass is 353 g/mol. The number of aliphatic hydroxyl groups excluding tert-OH is 1. The van der Waals surface area contributed by atoms with Gasteiger partial charge >= 0.3 is 6.01 Å². The number of aliphatic hydroxyl groups is 1. The number of anilines is 3. The van der Waals surface area contributed by atoms with Crippen molar-refractivity contribution in [2.75, 3.05) is 42.6 Å². The van der Waals surface area contributed by atoms with Crippen LogP contribution in [0.1, 0.15) is 20.3 Å². The van der Waals surface area contributed by atoms with Crippen molar-refractivity contribution in [1.29, 1.82) is 0 Å². The molecule has 1 aromatic rings. The third kappa shape index (κ3) is 4.73. The summed E-state index contributed by atoms with van der Waals surface area (Å²) in [5, 5.41) is 17.7. The van der Waals surface area contributed by atoms with Crippen LogP contribution in [0.5, 0.6) is 6.01 Å². The molecule has 1 saturated heterocycles. The number of hydrogen-bond acceptors (Lipinski definition) is 10. The Morgan fingerprint density at radius 3 is 2.76 bits per heavy atom. The topological polar surface area (TPSA) is 164 Å². The van der Waals surface area contributed by atoms with Gasteiger partial charge in [-0.25, -0.2) is 5.84 Å².